The van der Waals surface area contributed by atoms with Gasteiger partial charge in [-0.25, -0.2) is 0 Å². The van der Waals surface area contributed by atoms with E-state index in [4.69, 9.17) is 10.3 Å². The van der Waals surface area contributed by atoms with E-state index in [1.807, 2.05) is 26.0 Å². The molecule has 5 heteroatoms. The van der Waals surface area contributed by atoms with Crippen LogP contribution in [0.1, 0.15) is 55.7 Å². The highest BCUT2D eigenvalue weighted by molar-refractivity contribution is 5.56. The van der Waals surface area contributed by atoms with E-state index in [0.717, 1.165) is 42.6 Å². The Morgan fingerprint density at radius 1 is 1.05 bits per heavy atom. The summed E-state index contributed by atoms with van der Waals surface area (Å²) >= 11 is 0. The topological polar surface area (TPSA) is 77.8 Å². The molecule has 1 saturated carbocycles. The third-order valence-corrected chi connectivity index (χ3v) is 4.32. The van der Waals surface area contributed by atoms with Crippen molar-refractivity contribution >= 4 is 0 Å². The maximum Gasteiger partial charge on any atom is 0.259 e. The molecule has 3 rings (SSSR count). The van der Waals surface area contributed by atoms with Crippen LogP contribution in [0.3, 0.4) is 0 Å². The van der Waals surface area contributed by atoms with Gasteiger partial charge in [-0.15, -0.1) is 0 Å². The summed E-state index contributed by atoms with van der Waals surface area (Å²) in [6.45, 7) is 3.92. The minimum absolute atomic E-state index is 0.440. The zero-order chi connectivity index (χ0) is 14.9. The number of hydrogen-bond acceptors (Lipinski definition) is 5. The SMILES string of the molecule is Cc1ccc(-c2nc(C3(N)CCCCCC3)no2)c(C)n1. The highest BCUT2D eigenvalue weighted by Crippen LogP contribution is 2.33. The molecule has 2 aromatic heterocycles. The number of nitrogens with two attached hydrogens (primary N) is 1. The largest absolute Gasteiger partial charge is 0.334 e. The molecule has 0 saturated heterocycles. The van der Waals surface area contributed by atoms with Crippen molar-refractivity contribution in [2.24, 2.45) is 5.73 Å². The van der Waals surface area contributed by atoms with Crippen LogP contribution >= 0.6 is 0 Å². The van der Waals surface area contributed by atoms with E-state index < -0.39 is 5.54 Å². The van der Waals surface area contributed by atoms with Gasteiger partial charge in [-0.2, -0.15) is 4.98 Å². The number of rotatable bonds is 2. The summed E-state index contributed by atoms with van der Waals surface area (Å²) in [5, 5.41) is 4.15. The molecule has 1 aliphatic carbocycles. The lowest BCUT2D eigenvalue weighted by atomic mass is 9.91. The molecule has 21 heavy (non-hydrogen) atoms. The van der Waals surface area contributed by atoms with Gasteiger partial charge in [-0.3, -0.25) is 4.98 Å². The number of aromatic nitrogens is 3. The first kappa shape index (κ1) is 14.2. The number of nitrogens with zero attached hydrogens (tertiary/aromatic N) is 3. The average molecular weight is 286 g/mol. The average Bonchev–Trinajstić information content (AvgIpc) is 2.83. The second-order valence-electron chi connectivity index (χ2n) is 6.08. The van der Waals surface area contributed by atoms with Crippen LogP contribution in [0.5, 0.6) is 0 Å². The van der Waals surface area contributed by atoms with Crippen LogP contribution in [0.15, 0.2) is 16.7 Å². The Kier molecular flexibility index (Phi) is 3.76. The molecule has 0 aliphatic heterocycles. The van der Waals surface area contributed by atoms with Gasteiger partial charge in [-0.1, -0.05) is 30.8 Å². The van der Waals surface area contributed by atoms with Crippen molar-refractivity contribution in [3.05, 3.63) is 29.3 Å². The summed E-state index contributed by atoms with van der Waals surface area (Å²) in [6, 6.07) is 3.93. The predicted octanol–water partition coefficient (Wildman–Crippen LogP) is 3.26. The van der Waals surface area contributed by atoms with Crippen LogP contribution in [-0.4, -0.2) is 15.1 Å². The maximum absolute atomic E-state index is 6.53. The first-order chi connectivity index (χ1) is 10.1. The minimum Gasteiger partial charge on any atom is -0.334 e. The van der Waals surface area contributed by atoms with E-state index in [0.29, 0.717) is 11.7 Å². The number of pyridine rings is 1. The van der Waals surface area contributed by atoms with Crippen LogP contribution in [0.4, 0.5) is 0 Å². The second kappa shape index (κ2) is 5.56. The minimum atomic E-state index is -0.440. The molecule has 112 valence electrons. The van der Waals surface area contributed by atoms with Crippen molar-refractivity contribution in [1.82, 2.24) is 15.1 Å². The molecule has 2 aromatic rings. The van der Waals surface area contributed by atoms with Crippen molar-refractivity contribution in [1.29, 1.82) is 0 Å². The van der Waals surface area contributed by atoms with E-state index in [1.54, 1.807) is 0 Å². The summed E-state index contributed by atoms with van der Waals surface area (Å²) in [4.78, 5) is 9.01. The van der Waals surface area contributed by atoms with E-state index in [1.165, 1.54) is 12.8 Å². The summed E-state index contributed by atoms with van der Waals surface area (Å²) in [5.74, 6) is 1.16. The summed E-state index contributed by atoms with van der Waals surface area (Å²) in [6.07, 6.45) is 6.60. The van der Waals surface area contributed by atoms with E-state index in [2.05, 4.69) is 15.1 Å². The molecular formula is C16H22N4O. The molecule has 0 unspecified atom stereocenters. The standard InChI is InChI=1S/C16H22N4O/c1-11-7-8-13(12(2)18-11)14-19-15(20-21-14)16(17)9-5-3-4-6-10-16/h7-8H,3-6,9-10,17H2,1-2H3. The smallest absolute Gasteiger partial charge is 0.259 e. The van der Waals surface area contributed by atoms with Crippen molar-refractivity contribution in [3.63, 3.8) is 0 Å². The summed E-state index contributed by atoms with van der Waals surface area (Å²) < 4.78 is 5.45. The Hall–Kier alpha value is -1.75. The fourth-order valence-electron chi connectivity index (χ4n) is 3.03. The molecule has 0 radical (unpaired) electrons. The van der Waals surface area contributed by atoms with Gasteiger partial charge in [0.25, 0.3) is 5.89 Å². The summed E-state index contributed by atoms with van der Waals surface area (Å²) in [5.41, 5.74) is 8.86. The molecule has 0 atom stereocenters. The summed E-state index contributed by atoms with van der Waals surface area (Å²) in [7, 11) is 0. The number of aryl methyl sites for hydroxylation is 2. The molecule has 0 aromatic carbocycles. The molecule has 1 fully saturated rings. The highest BCUT2D eigenvalue weighted by Gasteiger charge is 2.33. The Bertz CT molecular complexity index is 627. The lowest BCUT2D eigenvalue weighted by molar-refractivity contribution is 0.334. The number of hydrogen-bond donors (Lipinski definition) is 1. The highest BCUT2D eigenvalue weighted by atomic mass is 16.5. The fourth-order valence-corrected chi connectivity index (χ4v) is 3.03. The van der Waals surface area contributed by atoms with Crippen molar-refractivity contribution < 1.29 is 4.52 Å². The van der Waals surface area contributed by atoms with Gasteiger partial charge in [0.15, 0.2) is 5.82 Å². The Morgan fingerprint density at radius 3 is 2.43 bits per heavy atom. The third kappa shape index (κ3) is 2.83. The monoisotopic (exact) mass is 286 g/mol. The predicted molar refractivity (Wildman–Crippen MR) is 80.6 cm³/mol. The van der Waals surface area contributed by atoms with Crippen molar-refractivity contribution in [3.8, 4) is 11.5 Å². The normalized spacial score (nSPS) is 18.4. The van der Waals surface area contributed by atoms with Crippen molar-refractivity contribution in [2.75, 3.05) is 0 Å². The Labute approximate surface area is 125 Å². The van der Waals surface area contributed by atoms with Crippen LogP contribution in [0, 0.1) is 13.8 Å². The van der Waals surface area contributed by atoms with E-state index >= 15 is 0 Å². The lowest BCUT2D eigenvalue weighted by Gasteiger charge is -2.23. The Balaban J connectivity index is 1.92. The van der Waals surface area contributed by atoms with Crippen LogP contribution < -0.4 is 5.73 Å². The van der Waals surface area contributed by atoms with Gasteiger partial charge in [0, 0.05) is 5.69 Å². The van der Waals surface area contributed by atoms with Gasteiger partial charge in [0.2, 0.25) is 0 Å². The quantitative estimate of drug-likeness (QED) is 0.857. The zero-order valence-corrected chi connectivity index (χ0v) is 12.7. The lowest BCUT2D eigenvalue weighted by Crippen LogP contribution is -2.37. The second-order valence-corrected chi connectivity index (χ2v) is 6.08. The van der Waals surface area contributed by atoms with Crippen molar-refractivity contribution in [2.45, 2.75) is 57.9 Å². The zero-order valence-electron chi connectivity index (χ0n) is 12.7. The first-order valence-electron chi connectivity index (χ1n) is 7.66. The van der Waals surface area contributed by atoms with Crippen LogP contribution in [0.25, 0.3) is 11.5 Å². The third-order valence-electron chi connectivity index (χ3n) is 4.32. The van der Waals surface area contributed by atoms with Crippen LogP contribution in [0.2, 0.25) is 0 Å². The van der Waals surface area contributed by atoms with Gasteiger partial charge in [0.05, 0.1) is 16.8 Å². The molecule has 2 heterocycles. The molecular weight excluding hydrogens is 264 g/mol. The molecule has 0 spiro atoms. The van der Waals surface area contributed by atoms with Crippen LogP contribution in [-0.2, 0) is 5.54 Å². The first-order valence-corrected chi connectivity index (χ1v) is 7.66. The maximum atomic E-state index is 6.53. The molecule has 2 N–H and O–H groups in total. The van der Waals surface area contributed by atoms with Gasteiger partial charge in [0.1, 0.15) is 0 Å². The molecule has 1 aliphatic rings. The van der Waals surface area contributed by atoms with Gasteiger partial charge < -0.3 is 10.3 Å². The van der Waals surface area contributed by atoms with Gasteiger partial charge in [-0.05, 0) is 38.8 Å². The van der Waals surface area contributed by atoms with E-state index in [9.17, 15) is 0 Å². The molecule has 0 bridgehead atoms. The molecule has 0 amide bonds. The van der Waals surface area contributed by atoms with E-state index in [-0.39, 0.29) is 0 Å². The molecule has 5 nitrogen and oxygen atoms in total. The van der Waals surface area contributed by atoms with Gasteiger partial charge >= 0.3 is 0 Å². The Morgan fingerprint density at radius 2 is 1.76 bits per heavy atom. The fraction of sp³-hybridized carbons (Fsp3) is 0.562.